The van der Waals surface area contributed by atoms with E-state index in [4.69, 9.17) is 18.9 Å². The van der Waals surface area contributed by atoms with Crippen molar-refractivity contribution in [2.45, 2.75) is 67.8 Å². The zero-order chi connectivity index (χ0) is 21.6. The van der Waals surface area contributed by atoms with Gasteiger partial charge in [0.1, 0.15) is 47.1 Å². The van der Waals surface area contributed by atoms with Crippen molar-refractivity contribution in [1.29, 1.82) is 0 Å². The molecule has 3 heterocycles. The van der Waals surface area contributed by atoms with Crippen LogP contribution in [0.3, 0.4) is 0 Å². The molecule has 30 heavy (non-hydrogen) atoms. The SMILES string of the molecule is C=C1[C@@H](C)CC[C@]2(O)[C@@H]3COC(=O)[C@]3(CO[C@@H]3O[C@H](CO)[C@@H](O)[C@H](O)[C@H]3O)[C@@H]3O[C@@]132. The second-order valence-electron chi connectivity index (χ2n) is 9.32. The Balaban J connectivity index is 1.43. The molecule has 10 nitrogen and oxygen atoms in total. The highest BCUT2D eigenvalue weighted by molar-refractivity contribution is 5.84. The summed E-state index contributed by atoms with van der Waals surface area (Å²) in [5, 5.41) is 51.2. The number of esters is 1. The van der Waals surface area contributed by atoms with Crippen molar-refractivity contribution in [1.82, 2.24) is 0 Å². The standard InChI is InChI=1S/C20H28O10/c1-8-3-4-19(26)11-6-27-17(25)18(11,16-20(19,30-16)9(8)2)7-28-15-14(24)13(23)12(22)10(5-21)29-15/h8,10-16,21-24,26H,2-7H2,1H3/t8-,10+,11+,12+,13-,14+,15+,16-,18-,19-,20-/m0/s1. The van der Waals surface area contributed by atoms with Crippen molar-refractivity contribution in [2.75, 3.05) is 19.8 Å². The van der Waals surface area contributed by atoms with Gasteiger partial charge in [0.05, 0.1) is 19.8 Å². The third-order valence-electron chi connectivity index (χ3n) is 8.05. The number of hydrogen-bond donors (Lipinski definition) is 5. The van der Waals surface area contributed by atoms with Gasteiger partial charge < -0.3 is 44.5 Å². The van der Waals surface area contributed by atoms with Gasteiger partial charge in [-0.3, -0.25) is 4.79 Å². The van der Waals surface area contributed by atoms with Gasteiger partial charge in [-0.05, 0) is 24.3 Å². The fraction of sp³-hybridized carbons (Fsp3) is 0.850. The molecule has 5 rings (SSSR count). The molecule has 0 radical (unpaired) electrons. The van der Waals surface area contributed by atoms with Crippen molar-refractivity contribution in [2.24, 2.45) is 17.3 Å². The molecule has 5 aliphatic rings. The van der Waals surface area contributed by atoms with Crippen LogP contribution in [0.4, 0.5) is 0 Å². The molecule has 5 fully saturated rings. The first-order chi connectivity index (χ1) is 14.1. The lowest BCUT2D eigenvalue weighted by molar-refractivity contribution is -0.307. The average Bonchev–Trinajstić information content (AvgIpc) is 3.35. The fourth-order valence-electron chi connectivity index (χ4n) is 6.16. The molecule has 11 atom stereocenters. The van der Waals surface area contributed by atoms with Gasteiger partial charge in [-0.15, -0.1) is 0 Å². The summed E-state index contributed by atoms with van der Waals surface area (Å²) in [5.41, 5.74) is -2.88. The summed E-state index contributed by atoms with van der Waals surface area (Å²) < 4.78 is 22.5. The molecule has 168 valence electrons. The molecule has 0 aromatic heterocycles. The lowest BCUT2D eigenvalue weighted by Crippen LogP contribution is -2.60. The van der Waals surface area contributed by atoms with Crippen LogP contribution in [0.25, 0.3) is 0 Å². The minimum Gasteiger partial charge on any atom is -0.465 e. The smallest absolute Gasteiger partial charge is 0.317 e. The third kappa shape index (κ3) is 2.23. The van der Waals surface area contributed by atoms with Crippen LogP contribution < -0.4 is 0 Å². The molecule has 3 aliphatic heterocycles. The van der Waals surface area contributed by atoms with E-state index in [0.29, 0.717) is 12.8 Å². The summed E-state index contributed by atoms with van der Waals surface area (Å²) in [7, 11) is 0. The molecule has 0 aromatic rings. The Bertz CT molecular complexity index is 771. The normalized spacial score (nSPS) is 56.9. The van der Waals surface area contributed by atoms with Crippen LogP contribution >= 0.6 is 0 Å². The van der Waals surface area contributed by atoms with Gasteiger partial charge in [0.15, 0.2) is 6.29 Å². The number of rotatable bonds is 4. The van der Waals surface area contributed by atoms with E-state index in [1.54, 1.807) is 0 Å². The number of hydrogen-bond acceptors (Lipinski definition) is 10. The Labute approximate surface area is 173 Å². The Morgan fingerprint density at radius 1 is 1.23 bits per heavy atom. The maximum Gasteiger partial charge on any atom is 0.317 e. The number of carbonyl (C=O) groups is 1. The predicted molar refractivity (Wildman–Crippen MR) is 96.7 cm³/mol. The molecule has 0 aromatic carbocycles. The second-order valence-corrected chi connectivity index (χ2v) is 9.32. The number of ether oxygens (including phenoxy) is 4. The highest BCUT2D eigenvalue weighted by Gasteiger charge is 2.91. The second kappa shape index (κ2) is 6.46. The van der Waals surface area contributed by atoms with Crippen molar-refractivity contribution >= 4 is 5.97 Å². The van der Waals surface area contributed by atoms with Gasteiger partial charge in [-0.2, -0.15) is 0 Å². The van der Waals surface area contributed by atoms with E-state index in [2.05, 4.69) is 6.58 Å². The Kier molecular flexibility index (Phi) is 4.47. The minimum absolute atomic E-state index is 0.0245. The summed E-state index contributed by atoms with van der Waals surface area (Å²) >= 11 is 0. The number of aliphatic hydroxyl groups excluding tert-OH is 4. The van der Waals surface area contributed by atoms with Crippen LogP contribution in [0.15, 0.2) is 12.2 Å². The summed E-state index contributed by atoms with van der Waals surface area (Å²) in [6, 6.07) is 0. The van der Waals surface area contributed by atoms with E-state index in [0.717, 1.165) is 5.57 Å². The number of cyclic esters (lactones) is 1. The van der Waals surface area contributed by atoms with Crippen LogP contribution in [0, 0.1) is 17.3 Å². The van der Waals surface area contributed by atoms with Crippen LogP contribution in [-0.4, -0.2) is 99.3 Å². The molecule has 2 aliphatic carbocycles. The van der Waals surface area contributed by atoms with Gasteiger partial charge in [0.2, 0.25) is 0 Å². The van der Waals surface area contributed by atoms with Gasteiger partial charge >= 0.3 is 5.97 Å². The van der Waals surface area contributed by atoms with E-state index >= 15 is 0 Å². The van der Waals surface area contributed by atoms with Gasteiger partial charge in [-0.25, -0.2) is 0 Å². The molecule has 3 saturated heterocycles. The van der Waals surface area contributed by atoms with Crippen LogP contribution in [0.5, 0.6) is 0 Å². The molecule has 5 N–H and O–H groups in total. The molecule has 0 amide bonds. The quantitative estimate of drug-likeness (QED) is 0.190. The molecule has 0 unspecified atom stereocenters. The van der Waals surface area contributed by atoms with E-state index in [9.17, 15) is 30.3 Å². The van der Waals surface area contributed by atoms with Gasteiger partial charge in [0, 0.05) is 5.92 Å². The lowest BCUT2D eigenvalue weighted by Gasteiger charge is -2.44. The first-order valence-corrected chi connectivity index (χ1v) is 10.3. The Morgan fingerprint density at radius 3 is 2.67 bits per heavy atom. The van der Waals surface area contributed by atoms with E-state index in [1.165, 1.54) is 0 Å². The number of epoxide rings is 1. The molecule has 10 heteroatoms. The van der Waals surface area contributed by atoms with Crippen LogP contribution in [-0.2, 0) is 23.7 Å². The highest BCUT2D eigenvalue weighted by Crippen LogP contribution is 2.75. The average molecular weight is 428 g/mol. The maximum atomic E-state index is 12.9. The number of carbonyl (C=O) groups excluding carboxylic acids is 1. The summed E-state index contributed by atoms with van der Waals surface area (Å²) in [6.07, 6.45) is -6.74. The molecule has 0 bridgehead atoms. The largest absolute Gasteiger partial charge is 0.465 e. The molecular weight excluding hydrogens is 400 g/mol. The molecule has 2 saturated carbocycles. The molecular formula is C20H28O10. The van der Waals surface area contributed by atoms with Crippen LogP contribution in [0.1, 0.15) is 19.8 Å². The van der Waals surface area contributed by atoms with E-state index < -0.39 is 71.9 Å². The number of aliphatic hydroxyl groups is 5. The van der Waals surface area contributed by atoms with Crippen molar-refractivity contribution in [3.63, 3.8) is 0 Å². The van der Waals surface area contributed by atoms with Crippen LogP contribution in [0.2, 0.25) is 0 Å². The monoisotopic (exact) mass is 428 g/mol. The lowest BCUT2D eigenvalue weighted by atomic mass is 9.66. The topological polar surface area (TPSA) is 158 Å². The zero-order valence-electron chi connectivity index (χ0n) is 16.6. The first kappa shape index (κ1) is 20.8. The highest BCUT2D eigenvalue weighted by atomic mass is 16.7. The predicted octanol–water partition coefficient (Wildman–Crippen LogP) is -2.17. The molecule has 1 spiro atoms. The Hall–Kier alpha value is -1.11. The minimum atomic E-state index is -1.59. The summed E-state index contributed by atoms with van der Waals surface area (Å²) in [6.45, 7) is 5.31. The number of fused-ring (bicyclic) bond motifs is 3. The van der Waals surface area contributed by atoms with E-state index in [1.807, 2.05) is 6.92 Å². The Morgan fingerprint density at radius 2 is 1.97 bits per heavy atom. The van der Waals surface area contributed by atoms with E-state index in [-0.39, 0.29) is 19.1 Å². The summed E-state index contributed by atoms with van der Waals surface area (Å²) in [4.78, 5) is 12.9. The summed E-state index contributed by atoms with van der Waals surface area (Å²) in [5.74, 6) is -0.999. The van der Waals surface area contributed by atoms with Gasteiger partial charge in [-0.1, -0.05) is 13.5 Å². The zero-order valence-corrected chi connectivity index (χ0v) is 16.6. The van der Waals surface area contributed by atoms with Crippen molar-refractivity contribution in [3.8, 4) is 0 Å². The van der Waals surface area contributed by atoms with Crippen molar-refractivity contribution < 1.29 is 49.3 Å². The fourth-order valence-corrected chi connectivity index (χ4v) is 6.16. The first-order valence-electron chi connectivity index (χ1n) is 10.3. The van der Waals surface area contributed by atoms with Crippen molar-refractivity contribution in [3.05, 3.63) is 12.2 Å². The van der Waals surface area contributed by atoms with Gasteiger partial charge in [0.25, 0.3) is 0 Å². The maximum absolute atomic E-state index is 12.9. The third-order valence-corrected chi connectivity index (χ3v) is 8.05.